The normalized spacial score (nSPS) is 12.1. The van der Waals surface area contributed by atoms with E-state index in [0.717, 1.165) is 22.6 Å². The van der Waals surface area contributed by atoms with Gasteiger partial charge in [-0.2, -0.15) is 5.10 Å². The van der Waals surface area contributed by atoms with Gasteiger partial charge in [0.15, 0.2) is 0 Å². The number of benzene rings is 2. The molecule has 9 heteroatoms. The molecule has 188 valence electrons. The standard InChI is InChI=1S/C27H32ClN7O/c1-20(2)26(35(13-7-12-29)25(36)17-34-19-30-18-31-34)27-32-24(22-10-6-11-23(28)14-22)16-33(27)15-21-8-4-3-5-9-21/h3-6,8-11,14,16,18-20,26H,7,12-13,15,17,29H2,1-2H3. The summed E-state index contributed by atoms with van der Waals surface area (Å²) >= 11 is 6.29. The van der Waals surface area contributed by atoms with E-state index < -0.39 is 0 Å². The molecule has 2 aromatic carbocycles. The molecule has 1 amide bonds. The van der Waals surface area contributed by atoms with E-state index in [1.54, 1.807) is 11.0 Å². The van der Waals surface area contributed by atoms with Gasteiger partial charge >= 0.3 is 0 Å². The average Bonchev–Trinajstić information content (AvgIpc) is 3.52. The molecule has 0 aliphatic rings. The van der Waals surface area contributed by atoms with Crippen LogP contribution in [0.3, 0.4) is 0 Å². The van der Waals surface area contributed by atoms with Crippen molar-refractivity contribution in [3.05, 3.63) is 89.9 Å². The predicted molar refractivity (Wildman–Crippen MR) is 141 cm³/mol. The number of carbonyl (C=O) groups excluding carboxylic acids is 1. The lowest BCUT2D eigenvalue weighted by Crippen LogP contribution is -2.42. The van der Waals surface area contributed by atoms with Gasteiger partial charge in [0.25, 0.3) is 0 Å². The Bertz CT molecular complexity index is 1250. The van der Waals surface area contributed by atoms with Crippen LogP contribution >= 0.6 is 11.6 Å². The van der Waals surface area contributed by atoms with Crippen molar-refractivity contribution in [1.82, 2.24) is 29.2 Å². The largest absolute Gasteiger partial charge is 0.331 e. The lowest BCUT2D eigenvalue weighted by Gasteiger charge is -2.34. The molecule has 4 rings (SSSR count). The molecule has 4 aromatic rings. The van der Waals surface area contributed by atoms with Gasteiger partial charge in [-0.3, -0.25) is 4.79 Å². The zero-order valence-electron chi connectivity index (χ0n) is 20.7. The quantitative estimate of drug-likeness (QED) is 0.325. The summed E-state index contributed by atoms with van der Waals surface area (Å²) in [5.74, 6) is 0.880. The van der Waals surface area contributed by atoms with E-state index in [0.29, 0.717) is 31.1 Å². The predicted octanol–water partition coefficient (Wildman–Crippen LogP) is 4.42. The number of hydrogen-bond donors (Lipinski definition) is 1. The van der Waals surface area contributed by atoms with Gasteiger partial charge in [-0.05, 0) is 36.6 Å². The van der Waals surface area contributed by atoms with Crippen LogP contribution in [-0.2, 0) is 17.9 Å². The number of aromatic nitrogens is 5. The van der Waals surface area contributed by atoms with E-state index in [9.17, 15) is 4.79 Å². The Kier molecular flexibility index (Phi) is 8.51. The Morgan fingerprint density at radius 2 is 1.94 bits per heavy atom. The molecule has 1 atom stereocenters. The molecule has 0 aliphatic heterocycles. The first-order chi connectivity index (χ1) is 17.5. The second-order valence-corrected chi connectivity index (χ2v) is 9.56. The maximum Gasteiger partial charge on any atom is 0.245 e. The van der Waals surface area contributed by atoms with Gasteiger partial charge in [0.2, 0.25) is 5.91 Å². The third-order valence-electron chi connectivity index (χ3n) is 6.04. The van der Waals surface area contributed by atoms with Crippen molar-refractivity contribution in [2.45, 2.75) is 39.4 Å². The number of carbonyl (C=O) groups is 1. The fourth-order valence-corrected chi connectivity index (χ4v) is 4.57. The first-order valence-corrected chi connectivity index (χ1v) is 12.5. The fraction of sp³-hybridized carbons (Fsp3) is 0.333. The molecule has 0 saturated carbocycles. The van der Waals surface area contributed by atoms with E-state index in [1.807, 2.05) is 53.6 Å². The number of amides is 1. The summed E-state index contributed by atoms with van der Waals surface area (Å²) in [5, 5.41) is 4.77. The van der Waals surface area contributed by atoms with E-state index in [4.69, 9.17) is 22.3 Å². The molecular weight excluding hydrogens is 474 g/mol. The third-order valence-corrected chi connectivity index (χ3v) is 6.28. The highest BCUT2D eigenvalue weighted by atomic mass is 35.5. The van der Waals surface area contributed by atoms with Crippen LogP contribution in [0.4, 0.5) is 0 Å². The maximum absolute atomic E-state index is 13.6. The topological polar surface area (TPSA) is 94.9 Å². The summed E-state index contributed by atoms with van der Waals surface area (Å²) in [4.78, 5) is 24.5. The van der Waals surface area contributed by atoms with Gasteiger partial charge in [-0.25, -0.2) is 14.6 Å². The molecule has 0 aliphatic carbocycles. The summed E-state index contributed by atoms with van der Waals surface area (Å²) in [5.41, 5.74) is 8.75. The Morgan fingerprint density at radius 1 is 1.14 bits per heavy atom. The molecule has 2 heterocycles. The van der Waals surface area contributed by atoms with Crippen LogP contribution in [0, 0.1) is 5.92 Å². The fourth-order valence-electron chi connectivity index (χ4n) is 4.38. The molecule has 1 unspecified atom stereocenters. The lowest BCUT2D eigenvalue weighted by atomic mass is 10.0. The van der Waals surface area contributed by atoms with E-state index in [1.165, 1.54) is 6.33 Å². The monoisotopic (exact) mass is 505 g/mol. The highest BCUT2D eigenvalue weighted by Gasteiger charge is 2.32. The number of hydrogen-bond acceptors (Lipinski definition) is 5. The molecule has 0 fully saturated rings. The molecule has 2 N–H and O–H groups in total. The van der Waals surface area contributed by atoms with Crippen LogP contribution in [0.1, 0.15) is 37.7 Å². The second kappa shape index (κ2) is 12.0. The van der Waals surface area contributed by atoms with Crippen molar-refractivity contribution >= 4 is 17.5 Å². The number of halogens is 1. The number of imidazole rings is 1. The minimum Gasteiger partial charge on any atom is -0.331 e. The van der Waals surface area contributed by atoms with Crippen molar-refractivity contribution in [3.63, 3.8) is 0 Å². The van der Waals surface area contributed by atoms with Crippen molar-refractivity contribution in [1.29, 1.82) is 0 Å². The van der Waals surface area contributed by atoms with Crippen molar-refractivity contribution in [2.24, 2.45) is 11.7 Å². The van der Waals surface area contributed by atoms with E-state index in [2.05, 4.69) is 40.6 Å². The summed E-state index contributed by atoms with van der Waals surface area (Å²) < 4.78 is 3.69. The zero-order valence-corrected chi connectivity index (χ0v) is 21.4. The second-order valence-electron chi connectivity index (χ2n) is 9.12. The summed E-state index contributed by atoms with van der Waals surface area (Å²) in [7, 11) is 0. The molecular formula is C27H32ClN7O. The van der Waals surface area contributed by atoms with Crippen molar-refractivity contribution < 1.29 is 4.79 Å². The molecule has 8 nitrogen and oxygen atoms in total. The highest BCUT2D eigenvalue weighted by molar-refractivity contribution is 6.30. The van der Waals surface area contributed by atoms with Gasteiger partial charge in [0.1, 0.15) is 25.0 Å². The number of nitrogens with two attached hydrogens (primary N) is 1. The van der Waals surface area contributed by atoms with Gasteiger partial charge in [-0.15, -0.1) is 0 Å². The Hall–Kier alpha value is -3.49. The maximum atomic E-state index is 13.6. The molecule has 0 spiro atoms. The molecule has 0 saturated heterocycles. The van der Waals surface area contributed by atoms with Gasteiger partial charge in [-0.1, -0.05) is 67.9 Å². The van der Waals surface area contributed by atoms with Gasteiger partial charge in [0.05, 0.1) is 11.7 Å². The highest BCUT2D eigenvalue weighted by Crippen LogP contribution is 2.32. The number of nitrogens with zero attached hydrogens (tertiary/aromatic N) is 6. The average molecular weight is 506 g/mol. The van der Waals surface area contributed by atoms with Crippen LogP contribution in [0.25, 0.3) is 11.3 Å². The van der Waals surface area contributed by atoms with Gasteiger partial charge < -0.3 is 15.2 Å². The van der Waals surface area contributed by atoms with E-state index in [-0.39, 0.29) is 24.4 Å². The first-order valence-electron chi connectivity index (χ1n) is 12.1. The SMILES string of the molecule is CC(C)C(c1nc(-c2cccc(Cl)c2)cn1Cc1ccccc1)N(CCCN)C(=O)Cn1cncn1. The Balaban J connectivity index is 1.78. The van der Waals surface area contributed by atoms with Gasteiger partial charge in [0, 0.05) is 29.9 Å². The van der Waals surface area contributed by atoms with Crippen LogP contribution in [0.2, 0.25) is 5.02 Å². The summed E-state index contributed by atoms with van der Waals surface area (Å²) in [6.45, 7) is 5.98. The molecule has 2 aromatic heterocycles. The zero-order chi connectivity index (χ0) is 25.5. The van der Waals surface area contributed by atoms with Crippen LogP contribution in [0.15, 0.2) is 73.4 Å². The minimum atomic E-state index is -0.260. The summed E-state index contributed by atoms with van der Waals surface area (Å²) in [6.07, 6.45) is 5.72. The van der Waals surface area contributed by atoms with Crippen molar-refractivity contribution in [3.8, 4) is 11.3 Å². The molecule has 36 heavy (non-hydrogen) atoms. The first kappa shape index (κ1) is 25.6. The minimum absolute atomic E-state index is 0.0498. The number of rotatable bonds is 11. The lowest BCUT2D eigenvalue weighted by molar-refractivity contribution is -0.136. The smallest absolute Gasteiger partial charge is 0.245 e. The van der Waals surface area contributed by atoms with Crippen LogP contribution in [0.5, 0.6) is 0 Å². The van der Waals surface area contributed by atoms with Crippen LogP contribution < -0.4 is 5.73 Å². The third kappa shape index (κ3) is 6.19. The Labute approximate surface area is 216 Å². The Morgan fingerprint density at radius 3 is 2.61 bits per heavy atom. The summed E-state index contributed by atoms with van der Waals surface area (Å²) in [6, 6.07) is 17.7. The van der Waals surface area contributed by atoms with Crippen LogP contribution in [-0.4, -0.2) is 48.2 Å². The van der Waals surface area contributed by atoms with E-state index >= 15 is 0 Å². The van der Waals surface area contributed by atoms with Crippen molar-refractivity contribution in [2.75, 3.05) is 13.1 Å². The molecule has 0 radical (unpaired) electrons. The molecule has 0 bridgehead atoms.